The van der Waals surface area contributed by atoms with E-state index in [1.54, 1.807) is 0 Å². The van der Waals surface area contributed by atoms with Gasteiger partial charge in [0.1, 0.15) is 42.7 Å². The van der Waals surface area contributed by atoms with Crippen LogP contribution in [0.3, 0.4) is 0 Å². The quantitative estimate of drug-likeness (QED) is 0.238. The Hall–Kier alpha value is -0.440. The fraction of sp³-hybridized carbons (Fsp3) is 1.00. The average molecular weight is 342 g/mol. The summed E-state index contributed by atoms with van der Waals surface area (Å²) in [5, 5.41) is 76.5. The van der Waals surface area contributed by atoms with Crippen LogP contribution in [-0.4, -0.2) is 115 Å². The third-order valence-electron chi connectivity index (χ3n) is 4.04. The van der Waals surface area contributed by atoms with Crippen LogP contribution in [0.15, 0.2) is 0 Å². The fourth-order valence-electron chi connectivity index (χ4n) is 2.63. The summed E-state index contributed by atoms with van der Waals surface area (Å²) in [6.45, 7) is -2.32. The molecule has 136 valence electrons. The van der Waals surface area contributed by atoms with Crippen molar-refractivity contribution in [3.8, 4) is 0 Å². The highest BCUT2D eigenvalue weighted by atomic mass is 16.7. The van der Waals surface area contributed by atoms with Gasteiger partial charge in [0, 0.05) is 0 Å². The molecular formula is C12H22O11. The summed E-state index contributed by atoms with van der Waals surface area (Å²) in [4.78, 5) is 0. The van der Waals surface area contributed by atoms with Crippen molar-refractivity contribution >= 4 is 0 Å². The maximum atomic E-state index is 10.00. The van der Waals surface area contributed by atoms with Crippen molar-refractivity contribution in [2.45, 2.75) is 54.8 Å². The minimum absolute atomic E-state index is 0.668. The van der Waals surface area contributed by atoms with Gasteiger partial charge < -0.3 is 55.1 Å². The van der Waals surface area contributed by atoms with Crippen molar-refractivity contribution in [1.82, 2.24) is 0 Å². The Morgan fingerprint density at radius 3 is 2.00 bits per heavy atom. The maximum Gasteiger partial charge on any atom is 0.219 e. The molecule has 0 aromatic carbocycles. The topological polar surface area (TPSA) is 190 Å². The predicted molar refractivity (Wildman–Crippen MR) is 68.6 cm³/mol. The molecule has 9 atom stereocenters. The molecule has 2 fully saturated rings. The minimum atomic E-state index is -2.37. The highest BCUT2D eigenvalue weighted by molar-refractivity contribution is 4.98. The summed E-state index contributed by atoms with van der Waals surface area (Å²) in [5.74, 6) is -2.37. The molecule has 0 saturated carbocycles. The van der Waals surface area contributed by atoms with E-state index in [4.69, 9.17) is 24.4 Å². The number of hydrogen-bond acceptors (Lipinski definition) is 11. The summed E-state index contributed by atoms with van der Waals surface area (Å²) >= 11 is 0. The molecule has 2 saturated heterocycles. The number of rotatable bonds is 5. The third kappa shape index (κ3) is 3.36. The molecule has 0 radical (unpaired) electrons. The van der Waals surface area contributed by atoms with Crippen LogP contribution >= 0.6 is 0 Å². The lowest BCUT2D eigenvalue weighted by molar-refractivity contribution is -0.318. The summed E-state index contributed by atoms with van der Waals surface area (Å²) in [5.41, 5.74) is 0. The van der Waals surface area contributed by atoms with E-state index in [9.17, 15) is 30.6 Å². The molecule has 23 heavy (non-hydrogen) atoms. The molecule has 8 N–H and O–H groups in total. The van der Waals surface area contributed by atoms with E-state index in [0.717, 1.165) is 0 Å². The van der Waals surface area contributed by atoms with Crippen molar-refractivity contribution in [3.05, 3.63) is 0 Å². The number of ether oxygens (including phenoxy) is 3. The second-order valence-electron chi connectivity index (χ2n) is 5.58. The van der Waals surface area contributed by atoms with Crippen molar-refractivity contribution in [2.75, 3.05) is 19.8 Å². The van der Waals surface area contributed by atoms with E-state index in [-0.39, 0.29) is 0 Å². The summed E-state index contributed by atoms with van der Waals surface area (Å²) in [7, 11) is 0. The Kier molecular flexibility index (Phi) is 5.92. The van der Waals surface area contributed by atoms with Crippen LogP contribution in [-0.2, 0) is 14.2 Å². The molecule has 2 rings (SSSR count). The molecular weight excluding hydrogens is 320 g/mol. The van der Waals surface area contributed by atoms with E-state index in [0.29, 0.717) is 0 Å². The fourth-order valence-corrected chi connectivity index (χ4v) is 2.63. The van der Waals surface area contributed by atoms with Crippen LogP contribution in [0.1, 0.15) is 0 Å². The van der Waals surface area contributed by atoms with Gasteiger partial charge in [-0.05, 0) is 0 Å². The lowest BCUT2D eigenvalue weighted by Gasteiger charge is -2.41. The van der Waals surface area contributed by atoms with Gasteiger partial charge >= 0.3 is 0 Å². The summed E-state index contributed by atoms with van der Waals surface area (Å²) in [6, 6.07) is 0. The standard InChI is InChI=1S/C12H22O11/c13-1-4-6(16)7(17)8(18)11(21-4)22-9-5(2-14)23-12(20,3-15)10(9)19/h4-11,13-20H,1-3H2/t4-,5-,6-,7+,8-,9-,10+,11+,12?/m1/s1. The van der Waals surface area contributed by atoms with Gasteiger partial charge in [-0.1, -0.05) is 0 Å². The van der Waals surface area contributed by atoms with E-state index in [1.165, 1.54) is 0 Å². The molecule has 11 heteroatoms. The molecule has 0 spiro atoms. The van der Waals surface area contributed by atoms with Crippen LogP contribution in [0.5, 0.6) is 0 Å². The van der Waals surface area contributed by atoms with Crippen molar-refractivity contribution in [2.24, 2.45) is 0 Å². The first-order valence-corrected chi connectivity index (χ1v) is 7.05. The second-order valence-corrected chi connectivity index (χ2v) is 5.58. The zero-order valence-electron chi connectivity index (χ0n) is 12.0. The van der Waals surface area contributed by atoms with Crippen LogP contribution in [0.2, 0.25) is 0 Å². The van der Waals surface area contributed by atoms with E-state index in [2.05, 4.69) is 0 Å². The summed E-state index contributed by atoms with van der Waals surface area (Å²) in [6.07, 6.45) is -12.2. The molecule has 2 aliphatic rings. The molecule has 0 amide bonds. The molecule has 0 aromatic rings. The zero-order valence-corrected chi connectivity index (χ0v) is 12.0. The van der Waals surface area contributed by atoms with Gasteiger partial charge in [0.25, 0.3) is 0 Å². The highest BCUT2D eigenvalue weighted by Gasteiger charge is 2.56. The summed E-state index contributed by atoms with van der Waals surface area (Å²) < 4.78 is 15.3. The van der Waals surface area contributed by atoms with E-state index < -0.39 is 74.6 Å². The SMILES string of the molecule is OC[C@H]1O[C@@H](O[C@@H]2[C@@H](CO)OC(O)(CO)[C@H]2O)[C@H](O)[C@@H](O)[C@@H]1O. The Labute approximate surface area is 130 Å². The zero-order chi connectivity index (χ0) is 17.4. The van der Waals surface area contributed by atoms with Gasteiger partial charge in [-0.3, -0.25) is 0 Å². The van der Waals surface area contributed by atoms with Gasteiger partial charge in [0.2, 0.25) is 5.79 Å². The Balaban J connectivity index is 2.13. The van der Waals surface area contributed by atoms with Crippen molar-refractivity contribution in [3.63, 3.8) is 0 Å². The van der Waals surface area contributed by atoms with Gasteiger partial charge in [-0.15, -0.1) is 0 Å². The molecule has 11 nitrogen and oxygen atoms in total. The van der Waals surface area contributed by atoms with Crippen LogP contribution in [0.4, 0.5) is 0 Å². The van der Waals surface area contributed by atoms with E-state index >= 15 is 0 Å². The van der Waals surface area contributed by atoms with Gasteiger partial charge in [0.05, 0.1) is 19.8 Å². The molecule has 0 aromatic heterocycles. The van der Waals surface area contributed by atoms with Gasteiger partial charge in [-0.2, -0.15) is 0 Å². The first kappa shape index (κ1) is 18.9. The predicted octanol–water partition coefficient (Wildman–Crippen LogP) is -5.40. The van der Waals surface area contributed by atoms with Crippen LogP contribution in [0, 0.1) is 0 Å². The lowest BCUT2D eigenvalue weighted by Crippen LogP contribution is -2.60. The van der Waals surface area contributed by atoms with E-state index in [1.807, 2.05) is 0 Å². The monoisotopic (exact) mass is 342 g/mol. The Morgan fingerprint density at radius 2 is 1.48 bits per heavy atom. The van der Waals surface area contributed by atoms with Crippen LogP contribution < -0.4 is 0 Å². The number of aliphatic hydroxyl groups excluding tert-OH is 7. The maximum absolute atomic E-state index is 10.00. The Bertz CT molecular complexity index is 393. The Morgan fingerprint density at radius 1 is 0.870 bits per heavy atom. The highest BCUT2D eigenvalue weighted by Crippen LogP contribution is 2.33. The normalized spacial score (nSPS) is 51.1. The smallest absolute Gasteiger partial charge is 0.219 e. The van der Waals surface area contributed by atoms with Crippen molar-refractivity contribution < 1.29 is 55.1 Å². The first-order valence-electron chi connectivity index (χ1n) is 7.05. The van der Waals surface area contributed by atoms with Gasteiger partial charge in [-0.25, -0.2) is 0 Å². The second kappa shape index (κ2) is 7.21. The van der Waals surface area contributed by atoms with Gasteiger partial charge in [0.15, 0.2) is 6.29 Å². The third-order valence-corrected chi connectivity index (χ3v) is 4.04. The largest absolute Gasteiger partial charge is 0.394 e. The number of aliphatic hydroxyl groups is 8. The van der Waals surface area contributed by atoms with Crippen LogP contribution in [0.25, 0.3) is 0 Å². The minimum Gasteiger partial charge on any atom is -0.394 e. The molecule has 2 heterocycles. The lowest BCUT2D eigenvalue weighted by atomic mass is 9.99. The number of hydrogen-bond donors (Lipinski definition) is 8. The average Bonchev–Trinajstić information content (AvgIpc) is 2.80. The molecule has 2 aliphatic heterocycles. The molecule has 1 unspecified atom stereocenters. The molecule has 0 aliphatic carbocycles. The first-order chi connectivity index (χ1) is 10.8. The molecule has 0 bridgehead atoms. The van der Waals surface area contributed by atoms with Crippen molar-refractivity contribution in [1.29, 1.82) is 0 Å².